The van der Waals surface area contributed by atoms with Gasteiger partial charge >= 0.3 is 0 Å². The zero-order valence-corrected chi connectivity index (χ0v) is 34.7. The number of rotatable bonds is 7. The number of carbonyl (C=O) groups is 4. The van der Waals surface area contributed by atoms with Crippen LogP contribution >= 0.6 is 39.1 Å². The fourth-order valence-corrected chi connectivity index (χ4v) is 10.8. The molecule has 2 aliphatic heterocycles. The average molecular weight is 905 g/mol. The summed E-state index contributed by atoms with van der Waals surface area (Å²) in [5.74, 6) is -5.26. The van der Waals surface area contributed by atoms with Crippen LogP contribution in [0.15, 0.2) is 130 Å². The molecule has 300 valence electrons. The molecule has 5 aromatic carbocycles. The number of allylic oxidation sites excluding steroid dienone is 2. The Kier molecular flexibility index (Phi) is 9.16. The number of hydrogen-bond acceptors (Lipinski definition) is 9. The normalized spacial score (nSPS) is 24.7. The van der Waals surface area contributed by atoms with Crippen LogP contribution < -0.4 is 15.1 Å². The summed E-state index contributed by atoms with van der Waals surface area (Å²) in [5, 5.41) is 13.3. The molecule has 0 bridgehead atoms. The number of anilines is 2. The van der Waals surface area contributed by atoms with Crippen molar-refractivity contribution < 1.29 is 33.4 Å². The summed E-state index contributed by atoms with van der Waals surface area (Å²) in [7, 11) is 1.54. The Morgan fingerprint density at radius 2 is 1.65 bits per heavy atom. The van der Waals surface area contributed by atoms with Crippen molar-refractivity contribution in [3.05, 3.63) is 146 Å². The summed E-state index contributed by atoms with van der Waals surface area (Å²) in [6.07, 6.45) is 2.20. The van der Waals surface area contributed by atoms with Crippen molar-refractivity contribution in [1.82, 2.24) is 9.99 Å². The van der Waals surface area contributed by atoms with Crippen LogP contribution in [0.25, 0.3) is 22.6 Å². The van der Waals surface area contributed by atoms with Gasteiger partial charge in [0.1, 0.15) is 17.0 Å². The number of hydrazine groups is 1. The van der Waals surface area contributed by atoms with E-state index in [4.69, 9.17) is 32.4 Å². The highest BCUT2D eigenvalue weighted by atomic mass is 79.9. The molecule has 0 radical (unpaired) electrons. The minimum Gasteiger partial charge on any atom is -0.508 e. The molecule has 6 unspecified atom stereocenters. The number of ether oxygens (including phenoxy) is 1. The molecule has 0 spiro atoms. The predicted molar refractivity (Wildman–Crippen MR) is 228 cm³/mol. The summed E-state index contributed by atoms with van der Waals surface area (Å²) in [6.45, 7) is 0. The van der Waals surface area contributed by atoms with Gasteiger partial charge in [0.25, 0.3) is 11.8 Å². The smallest absolute Gasteiger partial charge is 0.260 e. The van der Waals surface area contributed by atoms with Gasteiger partial charge in [0.05, 0.1) is 46.7 Å². The predicted octanol–water partition coefficient (Wildman–Crippen LogP) is 9.47. The first-order valence-electron chi connectivity index (χ1n) is 19.3. The number of halogens is 3. The Hall–Kier alpha value is -5.95. The number of nitrogens with one attached hydrogen (secondary N) is 1. The molecule has 11 nitrogen and oxygen atoms in total. The Morgan fingerprint density at radius 1 is 0.883 bits per heavy atom. The van der Waals surface area contributed by atoms with E-state index in [0.717, 1.165) is 5.01 Å². The third kappa shape index (κ3) is 5.72. The van der Waals surface area contributed by atoms with Gasteiger partial charge in [-0.3, -0.25) is 29.5 Å². The monoisotopic (exact) mass is 902 g/mol. The van der Waals surface area contributed by atoms with E-state index in [1.807, 2.05) is 30.3 Å². The number of carbonyl (C=O) groups excluding carboxylic acids is 4. The molecule has 3 heterocycles. The van der Waals surface area contributed by atoms with E-state index in [2.05, 4.69) is 26.3 Å². The molecule has 14 heteroatoms. The molecule has 6 aromatic rings. The highest BCUT2D eigenvalue weighted by Gasteiger charge is 2.70. The molecule has 4 amide bonds. The van der Waals surface area contributed by atoms with Gasteiger partial charge in [-0.25, -0.2) is 4.98 Å². The van der Waals surface area contributed by atoms with Gasteiger partial charge in [-0.1, -0.05) is 75.0 Å². The standard InChI is InChI=1S/C46H33BrCl2N4O7/c1-59-28-14-8-24(9-15-28)46-33(43(56)53(45(46)58)51-35-18-11-26(48)21-34(35)49)22-31-29(40(46)32-20-25(47)10-19-37(32)54)16-17-30-39(31)44(57)52(42(30)55)27-12-6-23(7-13-27)41-50-36-4-2-3-5-38(36)60-41/h2-16,18-21,30-31,33,39-40,51,54H,17,22H2,1H3. The van der Waals surface area contributed by atoms with Crippen LogP contribution in [0.5, 0.6) is 11.5 Å². The zero-order chi connectivity index (χ0) is 41.6. The third-order valence-electron chi connectivity index (χ3n) is 12.5. The summed E-state index contributed by atoms with van der Waals surface area (Å²) in [6, 6.07) is 31.0. The van der Waals surface area contributed by atoms with Crippen LogP contribution in [0.3, 0.4) is 0 Å². The lowest BCUT2D eigenvalue weighted by Crippen LogP contribution is -2.53. The fraction of sp³-hybridized carbons (Fsp3) is 0.196. The Bertz CT molecular complexity index is 2800. The van der Waals surface area contributed by atoms with Gasteiger partial charge in [0, 0.05) is 26.5 Å². The minimum atomic E-state index is -1.63. The fourth-order valence-electron chi connectivity index (χ4n) is 9.95. The molecule has 2 saturated heterocycles. The Labute approximate surface area is 361 Å². The number of oxazole rings is 1. The van der Waals surface area contributed by atoms with Gasteiger partial charge < -0.3 is 14.3 Å². The van der Waals surface area contributed by atoms with Gasteiger partial charge in [-0.15, -0.1) is 0 Å². The van der Waals surface area contributed by atoms with Gasteiger partial charge in [0.15, 0.2) is 5.58 Å². The summed E-state index contributed by atoms with van der Waals surface area (Å²) >= 11 is 16.4. The lowest BCUT2D eigenvalue weighted by atomic mass is 9.49. The number of aromatic nitrogens is 1. The highest BCUT2D eigenvalue weighted by molar-refractivity contribution is 9.10. The molecule has 2 aliphatic carbocycles. The molecule has 4 aliphatic rings. The topological polar surface area (TPSA) is 142 Å². The molecular weight excluding hydrogens is 871 g/mol. The molecule has 2 N–H and O–H groups in total. The first-order chi connectivity index (χ1) is 29.0. The van der Waals surface area contributed by atoms with Crippen LogP contribution in [-0.2, 0) is 24.6 Å². The van der Waals surface area contributed by atoms with Gasteiger partial charge in [0.2, 0.25) is 17.7 Å². The van der Waals surface area contributed by atoms with Gasteiger partial charge in [-0.05, 0) is 109 Å². The van der Waals surface area contributed by atoms with E-state index in [0.29, 0.717) is 60.2 Å². The number of amides is 4. The number of phenols is 1. The van der Waals surface area contributed by atoms with Crippen molar-refractivity contribution in [1.29, 1.82) is 0 Å². The van der Waals surface area contributed by atoms with Gasteiger partial charge in [-0.2, -0.15) is 5.01 Å². The number of para-hydroxylation sites is 2. The molecule has 10 rings (SSSR count). The first kappa shape index (κ1) is 38.3. The minimum absolute atomic E-state index is 0.0604. The van der Waals surface area contributed by atoms with Crippen molar-refractivity contribution in [2.24, 2.45) is 23.7 Å². The largest absolute Gasteiger partial charge is 0.508 e. The second-order valence-electron chi connectivity index (χ2n) is 15.5. The summed E-state index contributed by atoms with van der Waals surface area (Å²) in [5.41, 5.74) is 5.65. The van der Waals surface area contributed by atoms with E-state index in [1.54, 1.807) is 72.8 Å². The lowest BCUT2D eigenvalue weighted by molar-refractivity contribution is -0.138. The number of hydrogen-bond donors (Lipinski definition) is 2. The van der Waals surface area contributed by atoms with E-state index in [-0.39, 0.29) is 35.2 Å². The van der Waals surface area contributed by atoms with Crippen molar-refractivity contribution in [3.63, 3.8) is 0 Å². The van der Waals surface area contributed by atoms with Crippen LogP contribution in [0.1, 0.15) is 29.9 Å². The molecular formula is C46H33BrCl2N4O7. The van der Waals surface area contributed by atoms with Crippen molar-refractivity contribution >= 4 is 85.2 Å². The zero-order valence-electron chi connectivity index (χ0n) is 31.6. The maximum atomic E-state index is 15.5. The number of methoxy groups -OCH3 is 1. The lowest BCUT2D eigenvalue weighted by Gasteiger charge is -2.50. The summed E-state index contributed by atoms with van der Waals surface area (Å²) in [4.78, 5) is 65.6. The SMILES string of the molecule is COc1ccc(C23C(=O)N(Nc4ccc(Cl)cc4Cl)C(=O)C2CC2C(=CCC4C(=O)N(c5ccc(-c6nc7ccccc7o6)cc5)C(=O)C42)C3c2cc(Br)ccc2O)cc1. The number of fused-ring (bicyclic) bond motifs is 5. The average Bonchev–Trinajstić information content (AvgIpc) is 3.87. The number of benzene rings is 5. The molecule has 1 aromatic heterocycles. The second-order valence-corrected chi connectivity index (χ2v) is 17.2. The quantitative estimate of drug-likeness (QED) is 0.118. The van der Waals surface area contributed by atoms with Crippen molar-refractivity contribution in [3.8, 4) is 23.0 Å². The number of aromatic hydroxyl groups is 1. The number of phenolic OH excluding ortho intramolecular Hbond substituents is 1. The number of nitrogens with zero attached hydrogens (tertiary/aromatic N) is 3. The Balaban J connectivity index is 1.09. The first-order valence-corrected chi connectivity index (χ1v) is 20.8. The maximum absolute atomic E-state index is 15.5. The highest BCUT2D eigenvalue weighted by Crippen LogP contribution is 2.65. The van der Waals surface area contributed by atoms with Crippen LogP contribution in [0.4, 0.5) is 11.4 Å². The van der Waals surface area contributed by atoms with E-state index in [1.165, 1.54) is 24.1 Å². The molecule has 60 heavy (non-hydrogen) atoms. The van der Waals surface area contributed by atoms with E-state index >= 15 is 9.59 Å². The second kappa shape index (κ2) is 14.4. The number of imide groups is 2. The maximum Gasteiger partial charge on any atom is 0.260 e. The van der Waals surface area contributed by atoms with Crippen LogP contribution in [-0.4, -0.2) is 45.8 Å². The van der Waals surface area contributed by atoms with Crippen LogP contribution in [0.2, 0.25) is 10.0 Å². The van der Waals surface area contributed by atoms with Crippen LogP contribution in [0, 0.1) is 23.7 Å². The summed E-state index contributed by atoms with van der Waals surface area (Å²) < 4.78 is 12.1. The van der Waals surface area contributed by atoms with Crippen molar-refractivity contribution in [2.75, 3.05) is 17.4 Å². The third-order valence-corrected chi connectivity index (χ3v) is 13.6. The molecule has 6 atom stereocenters. The Morgan fingerprint density at radius 3 is 2.38 bits per heavy atom. The van der Waals surface area contributed by atoms with E-state index < -0.39 is 52.7 Å². The molecule has 3 fully saturated rings. The molecule has 1 saturated carbocycles. The van der Waals surface area contributed by atoms with E-state index in [9.17, 15) is 14.7 Å². The van der Waals surface area contributed by atoms with Crippen molar-refractivity contribution in [2.45, 2.75) is 24.2 Å².